The van der Waals surface area contributed by atoms with Crippen LogP contribution in [0.2, 0.25) is 0 Å². The molecule has 2 heteroatoms. The van der Waals surface area contributed by atoms with E-state index in [0.29, 0.717) is 5.41 Å². The summed E-state index contributed by atoms with van der Waals surface area (Å²) in [7, 11) is 0. The van der Waals surface area contributed by atoms with Crippen molar-refractivity contribution in [3.05, 3.63) is 0 Å². The molecule has 2 unspecified atom stereocenters. The number of hydrogen-bond donors (Lipinski definition) is 1. The molecule has 2 saturated carbocycles. The summed E-state index contributed by atoms with van der Waals surface area (Å²) in [4.78, 5) is 2.87. The maximum atomic E-state index is 3.84. The van der Waals surface area contributed by atoms with Crippen LogP contribution < -0.4 is 5.32 Å². The molecule has 19 heavy (non-hydrogen) atoms. The van der Waals surface area contributed by atoms with E-state index in [2.05, 4.69) is 31.0 Å². The molecular formula is C17H32N2. The van der Waals surface area contributed by atoms with Crippen LogP contribution in [0.3, 0.4) is 0 Å². The van der Waals surface area contributed by atoms with Crippen molar-refractivity contribution in [2.75, 3.05) is 19.6 Å². The van der Waals surface area contributed by atoms with E-state index in [1.54, 1.807) is 0 Å². The summed E-state index contributed by atoms with van der Waals surface area (Å²) in [6, 6.07) is 1.56. The van der Waals surface area contributed by atoms with Crippen molar-refractivity contribution in [3.63, 3.8) is 0 Å². The van der Waals surface area contributed by atoms with Crippen LogP contribution in [0.1, 0.15) is 59.3 Å². The predicted molar refractivity (Wildman–Crippen MR) is 81.3 cm³/mol. The second-order valence-corrected chi connectivity index (χ2v) is 7.80. The van der Waals surface area contributed by atoms with Crippen molar-refractivity contribution >= 4 is 0 Å². The van der Waals surface area contributed by atoms with Crippen LogP contribution in [0.15, 0.2) is 0 Å². The summed E-state index contributed by atoms with van der Waals surface area (Å²) in [5.74, 6) is 1.77. The monoisotopic (exact) mass is 264 g/mol. The number of nitrogens with one attached hydrogen (secondary N) is 1. The molecular weight excluding hydrogens is 232 g/mol. The molecule has 110 valence electrons. The van der Waals surface area contributed by atoms with Crippen molar-refractivity contribution in [2.24, 2.45) is 17.3 Å². The number of hydrogen-bond acceptors (Lipinski definition) is 2. The lowest BCUT2D eigenvalue weighted by Crippen LogP contribution is -2.61. The molecule has 0 radical (unpaired) electrons. The van der Waals surface area contributed by atoms with Gasteiger partial charge in [-0.05, 0) is 49.4 Å². The Morgan fingerprint density at radius 1 is 1.26 bits per heavy atom. The molecule has 0 aromatic heterocycles. The van der Waals surface area contributed by atoms with Crippen LogP contribution in [0, 0.1) is 17.3 Å². The molecule has 0 amide bonds. The second-order valence-electron chi connectivity index (χ2n) is 7.80. The summed E-state index contributed by atoms with van der Waals surface area (Å²) < 4.78 is 0. The van der Waals surface area contributed by atoms with E-state index in [1.807, 2.05) is 0 Å². The average Bonchev–Trinajstić information content (AvgIpc) is 3.17. The molecule has 1 N–H and O–H groups in total. The lowest BCUT2D eigenvalue weighted by molar-refractivity contribution is 0.00571. The van der Waals surface area contributed by atoms with Gasteiger partial charge in [0.1, 0.15) is 0 Å². The van der Waals surface area contributed by atoms with Crippen LogP contribution in [0.25, 0.3) is 0 Å². The van der Waals surface area contributed by atoms with Gasteiger partial charge in [0, 0.05) is 31.7 Å². The molecule has 0 spiro atoms. The highest BCUT2D eigenvalue weighted by molar-refractivity contribution is 4.98. The third-order valence-electron chi connectivity index (χ3n) is 6.15. The minimum absolute atomic E-state index is 0.679. The first-order chi connectivity index (χ1) is 9.13. The first kappa shape index (κ1) is 13.9. The van der Waals surface area contributed by atoms with Crippen LogP contribution in [0.5, 0.6) is 0 Å². The Morgan fingerprint density at radius 3 is 2.47 bits per heavy atom. The highest BCUT2D eigenvalue weighted by atomic mass is 15.2. The van der Waals surface area contributed by atoms with Crippen LogP contribution in [0.4, 0.5) is 0 Å². The Balaban J connectivity index is 1.65. The summed E-state index contributed by atoms with van der Waals surface area (Å²) >= 11 is 0. The lowest BCUT2D eigenvalue weighted by Gasteiger charge is -2.50. The summed E-state index contributed by atoms with van der Waals surface area (Å²) in [5, 5.41) is 3.84. The molecule has 1 saturated heterocycles. The fourth-order valence-corrected chi connectivity index (χ4v) is 4.24. The minimum Gasteiger partial charge on any atom is -0.311 e. The predicted octanol–water partition coefficient (Wildman–Crippen LogP) is 3.28. The van der Waals surface area contributed by atoms with Gasteiger partial charge in [0.2, 0.25) is 0 Å². The zero-order chi connectivity index (χ0) is 13.5. The van der Waals surface area contributed by atoms with E-state index in [1.165, 1.54) is 58.2 Å². The Labute approximate surface area is 119 Å². The van der Waals surface area contributed by atoms with E-state index in [9.17, 15) is 0 Å². The molecule has 2 atom stereocenters. The molecule has 1 heterocycles. The standard InChI is InChI=1S/C17H32N2/c1-4-17(8-5-9-17)12-19-11-15(14-6-7-14)18-10-16(19)13(2)3/h13-16,18H,4-12H2,1-3H3. The number of rotatable bonds is 5. The van der Waals surface area contributed by atoms with Crippen molar-refractivity contribution in [1.82, 2.24) is 10.2 Å². The average molecular weight is 264 g/mol. The first-order valence-electron chi connectivity index (χ1n) is 8.61. The van der Waals surface area contributed by atoms with Crippen molar-refractivity contribution in [3.8, 4) is 0 Å². The normalized spacial score (nSPS) is 35.4. The summed E-state index contributed by atoms with van der Waals surface area (Å²) in [5.41, 5.74) is 0.679. The van der Waals surface area contributed by atoms with E-state index in [0.717, 1.165) is 23.9 Å². The topological polar surface area (TPSA) is 15.3 Å². The van der Waals surface area contributed by atoms with Gasteiger partial charge in [-0.15, -0.1) is 0 Å². The van der Waals surface area contributed by atoms with Crippen LogP contribution in [-0.2, 0) is 0 Å². The molecule has 3 rings (SSSR count). The number of nitrogens with zero attached hydrogens (tertiary/aromatic N) is 1. The Hall–Kier alpha value is -0.0800. The van der Waals surface area contributed by atoms with Gasteiger partial charge in [0.05, 0.1) is 0 Å². The SMILES string of the molecule is CCC1(CN2CC(C3CC3)NCC2C(C)C)CCC1. The van der Waals surface area contributed by atoms with Gasteiger partial charge < -0.3 is 5.32 Å². The smallest absolute Gasteiger partial charge is 0.0244 e. The van der Waals surface area contributed by atoms with Gasteiger partial charge in [-0.1, -0.05) is 27.2 Å². The largest absolute Gasteiger partial charge is 0.311 e. The van der Waals surface area contributed by atoms with Crippen LogP contribution in [-0.4, -0.2) is 36.6 Å². The third-order valence-corrected chi connectivity index (χ3v) is 6.15. The third kappa shape index (κ3) is 2.85. The molecule has 1 aliphatic heterocycles. The lowest BCUT2D eigenvalue weighted by atomic mass is 9.66. The quantitative estimate of drug-likeness (QED) is 0.820. The fraction of sp³-hybridized carbons (Fsp3) is 1.00. The molecule has 0 aromatic rings. The molecule has 0 bridgehead atoms. The van der Waals surface area contributed by atoms with E-state index in [4.69, 9.17) is 0 Å². The number of piperazine rings is 1. The zero-order valence-electron chi connectivity index (χ0n) is 13.1. The minimum atomic E-state index is 0.679. The Morgan fingerprint density at radius 2 is 2.00 bits per heavy atom. The maximum absolute atomic E-state index is 3.84. The Kier molecular flexibility index (Phi) is 3.92. The van der Waals surface area contributed by atoms with E-state index >= 15 is 0 Å². The first-order valence-corrected chi connectivity index (χ1v) is 8.61. The molecule has 2 nitrogen and oxygen atoms in total. The van der Waals surface area contributed by atoms with Gasteiger partial charge in [-0.2, -0.15) is 0 Å². The van der Waals surface area contributed by atoms with Gasteiger partial charge >= 0.3 is 0 Å². The van der Waals surface area contributed by atoms with Crippen molar-refractivity contribution in [2.45, 2.75) is 71.4 Å². The van der Waals surface area contributed by atoms with Gasteiger partial charge in [-0.3, -0.25) is 4.90 Å². The maximum Gasteiger partial charge on any atom is 0.0244 e. The highest BCUT2D eigenvalue weighted by Crippen LogP contribution is 2.45. The summed E-state index contributed by atoms with van der Waals surface area (Å²) in [6.45, 7) is 11.1. The fourth-order valence-electron chi connectivity index (χ4n) is 4.24. The molecule has 3 aliphatic rings. The molecule has 3 fully saturated rings. The van der Waals surface area contributed by atoms with Gasteiger partial charge in [0.15, 0.2) is 0 Å². The van der Waals surface area contributed by atoms with Crippen molar-refractivity contribution in [1.29, 1.82) is 0 Å². The zero-order valence-corrected chi connectivity index (χ0v) is 13.1. The van der Waals surface area contributed by atoms with Crippen molar-refractivity contribution < 1.29 is 0 Å². The molecule has 2 aliphatic carbocycles. The molecule has 0 aromatic carbocycles. The van der Waals surface area contributed by atoms with Gasteiger partial charge in [-0.25, -0.2) is 0 Å². The van der Waals surface area contributed by atoms with E-state index in [-0.39, 0.29) is 0 Å². The summed E-state index contributed by atoms with van der Waals surface area (Å²) in [6.07, 6.45) is 8.75. The highest BCUT2D eigenvalue weighted by Gasteiger charge is 2.42. The van der Waals surface area contributed by atoms with E-state index < -0.39 is 0 Å². The van der Waals surface area contributed by atoms with Gasteiger partial charge in [0.25, 0.3) is 0 Å². The Bertz CT molecular complexity index is 299. The second kappa shape index (κ2) is 5.37. The van der Waals surface area contributed by atoms with Crippen LogP contribution >= 0.6 is 0 Å².